The number of carbonyl (C=O) groups excluding carboxylic acids is 1. The number of benzene rings is 1. The summed E-state index contributed by atoms with van der Waals surface area (Å²) in [4.78, 5) is 16.1. The minimum atomic E-state index is -0.304. The Labute approximate surface area is 126 Å². The lowest BCUT2D eigenvalue weighted by Crippen LogP contribution is -2.29. The van der Waals surface area contributed by atoms with Crippen molar-refractivity contribution in [2.75, 3.05) is 5.32 Å². The summed E-state index contributed by atoms with van der Waals surface area (Å²) in [5.74, 6) is 0.485. The van der Waals surface area contributed by atoms with Crippen LogP contribution in [0, 0.1) is 0 Å². The molecule has 0 unspecified atom stereocenters. The number of amides is 2. The summed E-state index contributed by atoms with van der Waals surface area (Å²) < 4.78 is 1.81. The molecular formula is C15H13ClN4O. The van der Waals surface area contributed by atoms with Gasteiger partial charge in [0.2, 0.25) is 5.95 Å². The van der Waals surface area contributed by atoms with Crippen molar-refractivity contribution in [3.05, 3.63) is 65.4 Å². The number of aromatic nitrogens is 2. The number of hydrogen-bond donors (Lipinski definition) is 2. The molecule has 0 aliphatic rings. The summed E-state index contributed by atoms with van der Waals surface area (Å²) in [7, 11) is 0. The SMILES string of the molecule is O=C(NCc1ccc(Cl)cc1)Nc1ncc2ccccn12. The fourth-order valence-electron chi connectivity index (χ4n) is 1.97. The minimum Gasteiger partial charge on any atom is -0.334 e. The maximum Gasteiger partial charge on any atom is 0.321 e. The second kappa shape index (κ2) is 5.85. The molecule has 2 N–H and O–H groups in total. The molecule has 0 saturated heterocycles. The second-order valence-corrected chi connectivity index (χ2v) is 4.95. The minimum absolute atomic E-state index is 0.304. The first-order valence-electron chi connectivity index (χ1n) is 6.44. The number of nitrogens with zero attached hydrogens (tertiary/aromatic N) is 2. The normalized spacial score (nSPS) is 10.5. The molecule has 2 amide bonds. The zero-order valence-corrected chi connectivity index (χ0v) is 11.8. The summed E-state index contributed by atoms with van der Waals surface area (Å²) >= 11 is 5.81. The van der Waals surface area contributed by atoms with Crippen LogP contribution in [0.2, 0.25) is 5.02 Å². The van der Waals surface area contributed by atoms with Crippen molar-refractivity contribution < 1.29 is 4.79 Å². The van der Waals surface area contributed by atoms with E-state index in [0.717, 1.165) is 11.1 Å². The van der Waals surface area contributed by atoms with E-state index >= 15 is 0 Å². The number of anilines is 1. The van der Waals surface area contributed by atoms with Crippen molar-refractivity contribution in [2.24, 2.45) is 0 Å². The molecule has 0 bridgehead atoms. The maximum absolute atomic E-state index is 11.9. The van der Waals surface area contributed by atoms with Crippen molar-refractivity contribution in [3.63, 3.8) is 0 Å². The molecule has 3 rings (SSSR count). The summed E-state index contributed by atoms with van der Waals surface area (Å²) in [5, 5.41) is 6.17. The van der Waals surface area contributed by atoms with E-state index in [9.17, 15) is 4.79 Å². The Balaban J connectivity index is 1.62. The lowest BCUT2D eigenvalue weighted by atomic mass is 10.2. The molecule has 0 spiro atoms. The predicted molar refractivity (Wildman–Crippen MR) is 82.5 cm³/mol. The first-order valence-corrected chi connectivity index (χ1v) is 6.81. The molecule has 21 heavy (non-hydrogen) atoms. The lowest BCUT2D eigenvalue weighted by molar-refractivity contribution is 0.251. The van der Waals surface area contributed by atoms with Crippen molar-refractivity contribution in [3.8, 4) is 0 Å². The molecule has 0 saturated carbocycles. The summed E-state index contributed by atoms with van der Waals surface area (Å²) in [6.07, 6.45) is 3.55. The van der Waals surface area contributed by atoms with Crippen LogP contribution in [0.15, 0.2) is 54.9 Å². The van der Waals surface area contributed by atoms with Crippen LogP contribution in [0.4, 0.5) is 10.7 Å². The number of imidazole rings is 1. The van der Waals surface area contributed by atoms with Crippen molar-refractivity contribution in [1.29, 1.82) is 0 Å². The van der Waals surface area contributed by atoms with Gasteiger partial charge in [0.1, 0.15) is 0 Å². The van der Waals surface area contributed by atoms with E-state index < -0.39 is 0 Å². The molecule has 0 radical (unpaired) electrons. The maximum atomic E-state index is 11.9. The average molecular weight is 301 g/mol. The van der Waals surface area contributed by atoms with E-state index in [1.165, 1.54) is 0 Å². The van der Waals surface area contributed by atoms with E-state index in [2.05, 4.69) is 15.6 Å². The molecule has 0 atom stereocenters. The predicted octanol–water partition coefficient (Wildman–Crippen LogP) is 3.31. The summed E-state index contributed by atoms with van der Waals surface area (Å²) in [6, 6.07) is 12.7. The number of nitrogens with one attached hydrogen (secondary N) is 2. The Hall–Kier alpha value is -2.53. The Bertz CT molecular complexity index is 767. The van der Waals surface area contributed by atoms with Crippen LogP contribution in [-0.2, 0) is 6.54 Å². The van der Waals surface area contributed by atoms with Crippen LogP contribution >= 0.6 is 11.6 Å². The van der Waals surface area contributed by atoms with Gasteiger partial charge in [0.15, 0.2) is 0 Å². The molecule has 0 aliphatic heterocycles. The van der Waals surface area contributed by atoms with Gasteiger partial charge in [-0.15, -0.1) is 0 Å². The van der Waals surface area contributed by atoms with Crippen molar-refractivity contribution in [2.45, 2.75) is 6.54 Å². The molecule has 1 aromatic carbocycles. The molecule has 0 fully saturated rings. The van der Waals surface area contributed by atoms with E-state index in [1.54, 1.807) is 18.3 Å². The Morgan fingerprint density at radius 2 is 2.00 bits per heavy atom. The quantitative estimate of drug-likeness (QED) is 0.779. The van der Waals surface area contributed by atoms with Gasteiger partial charge in [-0.25, -0.2) is 9.78 Å². The van der Waals surface area contributed by atoms with Gasteiger partial charge in [-0.05, 0) is 29.8 Å². The van der Waals surface area contributed by atoms with Crippen LogP contribution < -0.4 is 10.6 Å². The highest BCUT2D eigenvalue weighted by molar-refractivity contribution is 6.30. The summed E-state index contributed by atoms with van der Waals surface area (Å²) in [6.45, 7) is 0.423. The highest BCUT2D eigenvalue weighted by Crippen LogP contribution is 2.11. The van der Waals surface area contributed by atoms with Crippen LogP contribution in [0.1, 0.15) is 5.56 Å². The second-order valence-electron chi connectivity index (χ2n) is 4.51. The van der Waals surface area contributed by atoms with E-state index in [4.69, 9.17) is 11.6 Å². The van der Waals surface area contributed by atoms with Crippen molar-refractivity contribution >= 4 is 29.1 Å². The first kappa shape index (κ1) is 13.5. The lowest BCUT2D eigenvalue weighted by Gasteiger charge is -2.07. The van der Waals surface area contributed by atoms with Crippen LogP contribution in [0.5, 0.6) is 0 Å². The molecule has 2 heterocycles. The number of pyridine rings is 1. The third-order valence-corrected chi connectivity index (χ3v) is 3.28. The van der Waals surface area contributed by atoms with E-state index in [1.807, 2.05) is 40.9 Å². The molecule has 6 heteroatoms. The highest BCUT2D eigenvalue weighted by atomic mass is 35.5. The number of rotatable bonds is 3. The average Bonchev–Trinajstić information content (AvgIpc) is 2.90. The number of halogens is 1. The fraction of sp³-hybridized carbons (Fsp3) is 0.0667. The Morgan fingerprint density at radius 3 is 2.81 bits per heavy atom. The molecule has 2 aromatic heterocycles. The van der Waals surface area contributed by atoms with Gasteiger partial charge in [-0.3, -0.25) is 9.72 Å². The van der Waals surface area contributed by atoms with E-state index in [0.29, 0.717) is 17.5 Å². The van der Waals surface area contributed by atoms with Gasteiger partial charge < -0.3 is 5.32 Å². The molecule has 0 aliphatic carbocycles. The monoisotopic (exact) mass is 300 g/mol. The molecule has 5 nitrogen and oxygen atoms in total. The topological polar surface area (TPSA) is 58.4 Å². The Morgan fingerprint density at radius 1 is 1.19 bits per heavy atom. The van der Waals surface area contributed by atoms with Crippen LogP contribution in [-0.4, -0.2) is 15.4 Å². The first-order chi connectivity index (χ1) is 10.2. The van der Waals surface area contributed by atoms with E-state index in [-0.39, 0.29) is 6.03 Å². The number of carbonyl (C=O) groups is 1. The number of hydrogen-bond acceptors (Lipinski definition) is 2. The largest absolute Gasteiger partial charge is 0.334 e. The van der Waals surface area contributed by atoms with Gasteiger partial charge >= 0.3 is 6.03 Å². The van der Waals surface area contributed by atoms with Crippen LogP contribution in [0.3, 0.4) is 0 Å². The van der Waals surface area contributed by atoms with Gasteiger partial charge in [0.05, 0.1) is 11.7 Å². The fourth-order valence-corrected chi connectivity index (χ4v) is 2.09. The Kier molecular flexibility index (Phi) is 3.75. The summed E-state index contributed by atoms with van der Waals surface area (Å²) in [5.41, 5.74) is 1.90. The zero-order valence-electron chi connectivity index (χ0n) is 11.1. The van der Waals surface area contributed by atoms with Gasteiger partial charge in [-0.2, -0.15) is 0 Å². The van der Waals surface area contributed by atoms with Crippen molar-refractivity contribution in [1.82, 2.24) is 14.7 Å². The number of fused-ring (bicyclic) bond motifs is 1. The highest BCUT2D eigenvalue weighted by Gasteiger charge is 2.06. The third kappa shape index (κ3) is 3.14. The molecule has 3 aromatic rings. The molecule has 106 valence electrons. The molecular weight excluding hydrogens is 288 g/mol. The standard InChI is InChI=1S/C15H13ClN4O/c16-12-6-4-11(5-7-12)9-18-15(21)19-14-17-10-13-3-1-2-8-20(13)14/h1-8,10H,9H2,(H2,17,18,19,21). The third-order valence-electron chi connectivity index (χ3n) is 3.03. The zero-order chi connectivity index (χ0) is 14.7. The van der Waals surface area contributed by atoms with Gasteiger partial charge in [0.25, 0.3) is 0 Å². The van der Waals surface area contributed by atoms with Gasteiger partial charge in [0, 0.05) is 17.8 Å². The number of urea groups is 1. The smallest absolute Gasteiger partial charge is 0.321 e. The van der Waals surface area contributed by atoms with Gasteiger partial charge in [-0.1, -0.05) is 29.8 Å². The van der Waals surface area contributed by atoms with Crippen LogP contribution in [0.25, 0.3) is 5.52 Å².